The molecular formula is C16H25N3O7S. The normalized spacial score (nSPS) is 11.4. The van der Waals surface area contributed by atoms with E-state index in [-0.39, 0.29) is 23.7 Å². The van der Waals surface area contributed by atoms with E-state index >= 15 is 0 Å². The summed E-state index contributed by atoms with van der Waals surface area (Å²) in [5.41, 5.74) is -0.518. The number of methoxy groups -OCH3 is 1. The van der Waals surface area contributed by atoms with Gasteiger partial charge in [-0.1, -0.05) is 13.8 Å². The van der Waals surface area contributed by atoms with Crippen molar-refractivity contribution in [2.45, 2.75) is 25.2 Å². The van der Waals surface area contributed by atoms with Crippen LogP contribution in [0.1, 0.15) is 20.3 Å². The number of sulfonamides is 1. The van der Waals surface area contributed by atoms with Gasteiger partial charge in [0.15, 0.2) is 12.4 Å². The number of hydrogen-bond donors (Lipinski definition) is 1. The number of amides is 1. The smallest absolute Gasteiger partial charge is 0.312 e. The zero-order valence-electron chi connectivity index (χ0n) is 15.6. The molecule has 0 unspecified atom stereocenters. The molecule has 0 aliphatic rings. The number of nitrogens with zero attached hydrogens (tertiary/aromatic N) is 2. The molecule has 152 valence electrons. The predicted molar refractivity (Wildman–Crippen MR) is 98.2 cm³/mol. The molecule has 0 saturated heterocycles. The van der Waals surface area contributed by atoms with E-state index in [1.54, 1.807) is 21.0 Å². The van der Waals surface area contributed by atoms with E-state index in [0.717, 1.165) is 6.07 Å². The fourth-order valence-corrected chi connectivity index (χ4v) is 3.75. The topological polar surface area (TPSA) is 128 Å². The second-order valence-electron chi connectivity index (χ2n) is 5.46. The zero-order valence-corrected chi connectivity index (χ0v) is 16.5. The van der Waals surface area contributed by atoms with E-state index in [4.69, 9.17) is 9.47 Å². The van der Waals surface area contributed by atoms with Gasteiger partial charge in [-0.3, -0.25) is 14.9 Å². The Morgan fingerprint density at radius 1 is 1.30 bits per heavy atom. The summed E-state index contributed by atoms with van der Waals surface area (Å²) in [6.45, 7) is 4.31. The molecule has 1 amide bonds. The highest BCUT2D eigenvalue weighted by Gasteiger charge is 2.26. The molecule has 1 rings (SSSR count). The summed E-state index contributed by atoms with van der Waals surface area (Å²) < 4.78 is 36.3. The summed E-state index contributed by atoms with van der Waals surface area (Å²) in [7, 11) is -2.29. The maximum absolute atomic E-state index is 12.5. The molecule has 1 aromatic carbocycles. The first-order chi connectivity index (χ1) is 12.8. The Bertz CT molecular complexity index is 748. The van der Waals surface area contributed by atoms with E-state index in [2.05, 4.69) is 5.32 Å². The average Bonchev–Trinajstić information content (AvgIpc) is 2.64. The molecule has 0 fully saturated rings. The SMILES string of the molecule is CCN(CC)S(=O)(=O)c1ccc(OCC(=O)NCCCOC)c([N+](=O)[O-])c1. The first-order valence-corrected chi connectivity index (χ1v) is 9.88. The molecule has 0 aliphatic heterocycles. The molecule has 0 radical (unpaired) electrons. The Labute approximate surface area is 158 Å². The molecule has 27 heavy (non-hydrogen) atoms. The summed E-state index contributed by atoms with van der Waals surface area (Å²) in [5, 5.41) is 13.9. The molecule has 0 spiro atoms. The summed E-state index contributed by atoms with van der Waals surface area (Å²) in [6.07, 6.45) is 0.625. The van der Waals surface area contributed by atoms with Crippen LogP contribution >= 0.6 is 0 Å². The second-order valence-corrected chi connectivity index (χ2v) is 7.40. The highest BCUT2D eigenvalue weighted by atomic mass is 32.2. The van der Waals surface area contributed by atoms with Crippen LogP contribution in [0, 0.1) is 10.1 Å². The van der Waals surface area contributed by atoms with E-state index < -0.39 is 33.1 Å². The Morgan fingerprint density at radius 3 is 2.52 bits per heavy atom. The van der Waals surface area contributed by atoms with Crippen molar-refractivity contribution in [3.63, 3.8) is 0 Å². The minimum absolute atomic E-state index is 0.175. The molecule has 0 saturated carbocycles. The van der Waals surface area contributed by atoms with Crippen LogP contribution in [-0.2, 0) is 19.6 Å². The van der Waals surface area contributed by atoms with Crippen LogP contribution in [0.2, 0.25) is 0 Å². The number of benzene rings is 1. The third-order valence-electron chi connectivity index (χ3n) is 3.68. The molecule has 0 atom stereocenters. The minimum atomic E-state index is -3.84. The lowest BCUT2D eigenvalue weighted by Gasteiger charge is -2.18. The fraction of sp³-hybridized carbons (Fsp3) is 0.562. The van der Waals surface area contributed by atoms with Crippen molar-refractivity contribution in [1.82, 2.24) is 9.62 Å². The largest absolute Gasteiger partial charge is 0.477 e. The summed E-state index contributed by atoms with van der Waals surface area (Å²) >= 11 is 0. The number of carbonyl (C=O) groups is 1. The molecule has 10 nitrogen and oxygen atoms in total. The van der Waals surface area contributed by atoms with Gasteiger partial charge in [0.05, 0.1) is 9.82 Å². The Kier molecular flexibility index (Phi) is 9.12. The Balaban J connectivity index is 2.91. The van der Waals surface area contributed by atoms with Crippen LogP contribution in [0.15, 0.2) is 23.1 Å². The predicted octanol–water partition coefficient (Wildman–Crippen LogP) is 1.16. The highest BCUT2D eigenvalue weighted by Crippen LogP contribution is 2.30. The van der Waals surface area contributed by atoms with Gasteiger partial charge in [0.1, 0.15) is 0 Å². The third kappa shape index (κ3) is 6.45. The van der Waals surface area contributed by atoms with E-state index in [1.165, 1.54) is 16.4 Å². The second kappa shape index (κ2) is 10.8. The van der Waals surface area contributed by atoms with Gasteiger partial charge in [-0.05, 0) is 18.6 Å². The van der Waals surface area contributed by atoms with Gasteiger partial charge < -0.3 is 14.8 Å². The van der Waals surface area contributed by atoms with Gasteiger partial charge in [-0.2, -0.15) is 4.31 Å². The first kappa shape index (κ1) is 22.8. The van der Waals surface area contributed by atoms with Gasteiger partial charge >= 0.3 is 5.69 Å². The monoisotopic (exact) mass is 403 g/mol. The zero-order chi connectivity index (χ0) is 20.4. The molecule has 0 heterocycles. The minimum Gasteiger partial charge on any atom is -0.477 e. The van der Waals surface area contributed by atoms with Gasteiger partial charge in [-0.15, -0.1) is 0 Å². The van der Waals surface area contributed by atoms with Crippen molar-refractivity contribution in [2.75, 3.05) is 40.0 Å². The van der Waals surface area contributed by atoms with Gasteiger partial charge in [0, 0.05) is 39.4 Å². The molecule has 0 aliphatic carbocycles. The number of nitro groups is 1. The van der Waals surface area contributed by atoms with Gasteiger partial charge in [0.25, 0.3) is 5.91 Å². The summed E-state index contributed by atoms with van der Waals surface area (Å²) in [5.74, 6) is -0.620. The van der Waals surface area contributed by atoms with Gasteiger partial charge in [-0.25, -0.2) is 8.42 Å². The van der Waals surface area contributed by atoms with Crippen LogP contribution in [0.5, 0.6) is 5.75 Å². The number of nitrogens with one attached hydrogen (secondary N) is 1. The summed E-state index contributed by atoms with van der Waals surface area (Å²) in [4.78, 5) is 22.1. The molecule has 0 bridgehead atoms. The lowest BCUT2D eigenvalue weighted by molar-refractivity contribution is -0.386. The number of rotatable bonds is 12. The van der Waals surface area contributed by atoms with Crippen LogP contribution < -0.4 is 10.1 Å². The number of hydrogen-bond acceptors (Lipinski definition) is 7. The quantitative estimate of drug-likeness (QED) is 0.315. The van der Waals surface area contributed by atoms with Crippen LogP contribution in [0.25, 0.3) is 0 Å². The van der Waals surface area contributed by atoms with Gasteiger partial charge in [0.2, 0.25) is 10.0 Å². The number of carbonyl (C=O) groups excluding carboxylic acids is 1. The van der Waals surface area contributed by atoms with Crippen LogP contribution in [0.3, 0.4) is 0 Å². The van der Waals surface area contributed by atoms with E-state index in [1.807, 2.05) is 0 Å². The maximum Gasteiger partial charge on any atom is 0.312 e. The van der Waals surface area contributed by atoms with Crippen molar-refractivity contribution in [2.24, 2.45) is 0 Å². The van der Waals surface area contributed by atoms with Crippen molar-refractivity contribution < 1.29 is 27.6 Å². The average molecular weight is 403 g/mol. The molecular weight excluding hydrogens is 378 g/mol. The van der Waals surface area contributed by atoms with E-state index in [9.17, 15) is 23.3 Å². The molecule has 11 heteroatoms. The van der Waals surface area contributed by atoms with Crippen molar-refractivity contribution >= 4 is 21.6 Å². The third-order valence-corrected chi connectivity index (χ3v) is 5.72. The summed E-state index contributed by atoms with van der Waals surface area (Å²) in [6, 6.07) is 3.36. The van der Waals surface area contributed by atoms with E-state index in [0.29, 0.717) is 19.6 Å². The molecule has 1 aromatic rings. The number of nitro benzene ring substituents is 1. The maximum atomic E-state index is 12.5. The Morgan fingerprint density at radius 2 is 1.96 bits per heavy atom. The fourth-order valence-electron chi connectivity index (χ4n) is 2.27. The van der Waals surface area contributed by atoms with Crippen LogP contribution in [0.4, 0.5) is 5.69 Å². The van der Waals surface area contributed by atoms with Crippen molar-refractivity contribution in [1.29, 1.82) is 0 Å². The van der Waals surface area contributed by atoms with Crippen molar-refractivity contribution in [3.05, 3.63) is 28.3 Å². The molecule has 0 aromatic heterocycles. The lowest BCUT2D eigenvalue weighted by atomic mass is 10.3. The number of ether oxygens (including phenoxy) is 2. The standard InChI is InChI=1S/C16H25N3O7S/c1-4-18(5-2)27(23,24)13-7-8-15(14(11-13)19(21)22)26-12-16(20)17-9-6-10-25-3/h7-8,11H,4-6,9-10,12H2,1-3H3,(H,17,20). The Hall–Kier alpha value is -2.24. The highest BCUT2D eigenvalue weighted by molar-refractivity contribution is 7.89. The lowest BCUT2D eigenvalue weighted by Crippen LogP contribution is -2.31. The molecule has 1 N–H and O–H groups in total. The van der Waals surface area contributed by atoms with Crippen molar-refractivity contribution in [3.8, 4) is 5.75 Å². The van der Waals surface area contributed by atoms with Crippen LogP contribution in [-0.4, -0.2) is 63.5 Å². The first-order valence-electron chi connectivity index (χ1n) is 8.44.